The van der Waals surface area contributed by atoms with Crippen LogP contribution in [0.25, 0.3) is 0 Å². The number of carbonyl (C=O) groups excluding carboxylic acids is 2. The molecule has 0 saturated carbocycles. The molecule has 9 heteroatoms. The molecule has 0 radical (unpaired) electrons. The number of fused-ring (bicyclic) bond motifs is 1. The molecule has 2 aromatic carbocycles. The molecule has 0 bridgehead atoms. The minimum Gasteiger partial charge on any atom is -0.505 e. The molecular formula is C20H17ClFNO6. The van der Waals surface area contributed by atoms with Gasteiger partial charge in [0.05, 0.1) is 17.7 Å². The zero-order valence-electron chi connectivity index (χ0n) is 15.6. The molecular weight excluding hydrogens is 405 g/mol. The smallest absolute Gasteiger partial charge is 0.332 e. The van der Waals surface area contributed by atoms with Gasteiger partial charge in [-0.1, -0.05) is 23.7 Å². The van der Waals surface area contributed by atoms with E-state index in [4.69, 9.17) is 21.1 Å². The minimum atomic E-state index is -0.778. The molecule has 0 aliphatic carbocycles. The Bertz CT molecular complexity index is 1010. The molecule has 0 amide bonds. The fourth-order valence-electron chi connectivity index (χ4n) is 2.87. The van der Waals surface area contributed by atoms with Crippen LogP contribution in [-0.4, -0.2) is 35.5 Å². The number of benzene rings is 2. The van der Waals surface area contributed by atoms with Gasteiger partial charge in [-0.15, -0.1) is 0 Å². The number of hydrogen-bond donors (Lipinski definition) is 1. The van der Waals surface area contributed by atoms with E-state index in [-0.39, 0.29) is 40.8 Å². The number of oxime groups is 1. The molecule has 3 rings (SSSR count). The van der Waals surface area contributed by atoms with Crippen molar-refractivity contribution in [2.45, 2.75) is 26.4 Å². The van der Waals surface area contributed by atoms with E-state index in [9.17, 15) is 19.1 Å². The van der Waals surface area contributed by atoms with E-state index in [0.29, 0.717) is 5.56 Å². The third-order valence-electron chi connectivity index (χ3n) is 4.13. The van der Waals surface area contributed by atoms with Crippen LogP contribution < -0.4 is 4.74 Å². The van der Waals surface area contributed by atoms with E-state index >= 15 is 0 Å². The van der Waals surface area contributed by atoms with Gasteiger partial charge in [-0.05, 0) is 30.3 Å². The van der Waals surface area contributed by atoms with E-state index in [2.05, 4.69) is 9.99 Å². The average Bonchev–Trinajstić information content (AvgIpc) is 3.12. The highest BCUT2D eigenvalue weighted by Crippen LogP contribution is 2.44. The number of aromatic hydroxyl groups is 1. The van der Waals surface area contributed by atoms with E-state index in [1.54, 1.807) is 6.92 Å². The van der Waals surface area contributed by atoms with Gasteiger partial charge in [0.15, 0.2) is 11.9 Å². The third kappa shape index (κ3) is 4.17. The lowest BCUT2D eigenvalue weighted by molar-refractivity contribution is -0.141. The molecule has 1 aliphatic heterocycles. The van der Waals surface area contributed by atoms with Gasteiger partial charge in [0, 0.05) is 18.9 Å². The fourth-order valence-corrected chi connectivity index (χ4v) is 3.14. The summed E-state index contributed by atoms with van der Waals surface area (Å²) in [4.78, 5) is 28.4. The first kappa shape index (κ1) is 20.6. The van der Waals surface area contributed by atoms with Crippen LogP contribution in [-0.2, 0) is 20.8 Å². The van der Waals surface area contributed by atoms with Crippen LogP contribution in [0.5, 0.6) is 11.5 Å². The molecule has 0 aromatic heterocycles. The van der Waals surface area contributed by atoms with E-state index in [0.717, 1.165) is 6.07 Å². The van der Waals surface area contributed by atoms with Crippen LogP contribution in [0.4, 0.5) is 4.39 Å². The molecule has 1 atom stereocenters. The zero-order valence-corrected chi connectivity index (χ0v) is 16.3. The molecule has 2 aromatic rings. The second-order valence-electron chi connectivity index (χ2n) is 6.14. The number of carbonyl (C=O) groups is 2. The monoisotopic (exact) mass is 421 g/mol. The fraction of sp³-hybridized carbons (Fsp3) is 0.250. The van der Waals surface area contributed by atoms with Crippen molar-refractivity contribution >= 4 is 29.3 Å². The quantitative estimate of drug-likeness (QED) is 0.260. The zero-order chi connectivity index (χ0) is 21.1. The molecule has 0 spiro atoms. The number of hydrogen-bond acceptors (Lipinski definition) is 7. The van der Waals surface area contributed by atoms with Crippen LogP contribution in [0.1, 0.15) is 35.3 Å². The summed E-state index contributed by atoms with van der Waals surface area (Å²) < 4.78 is 25.1. The molecule has 1 heterocycles. The first-order valence-corrected chi connectivity index (χ1v) is 9.09. The summed E-state index contributed by atoms with van der Waals surface area (Å²) in [6, 6.07) is 6.83. The Kier molecular flexibility index (Phi) is 6.03. The van der Waals surface area contributed by atoms with Crippen molar-refractivity contribution in [2.24, 2.45) is 5.16 Å². The molecule has 1 unspecified atom stereocenters. The number of rotatable bonds is 5. The average molecular weight is 422 g/mol. The van der Waals surface area contributed by atoms with E-state index < -0.39 is 29.4 Å². The molecule has 1 N–H and O–H groups in total. The van der Waals surface area contributed by atoms with Crippen LogP contribution in [0.3, 0.4) is 0 Å². The van der Waals surface area contributed by atoms with Crippen molar-refractivity contribution < 1.29 is 33.4 Å². The highest BCUT2D eigenvalue weighted by atomic mass is 35.5. The SMILES string of the molecule is CCO/C(=N\OC(C)=O)C1Cc2cc(C(=O)c3ccccc3F)c(O)c(Cl)c2O1. The summed E-state index contributed by atoms with van der Waals surface area (Å²) in [7, 11) is 0. The van der Waals surface area contributed by atoms with Crippen LogP contribution in [0.15, 0.2) is 35.5 Å². The van der Waals surface area contributed by atoms with Gasteiger partial charge in [0.25, 0.3) is 5.90 Å². The first-order chi connectivity index (χ1) is 13.8. The van der Waals surface area contributed by atoms with Crippen molar-refractivity contribution in [1.29, 1.82) is 0 Å². The Morgan fingerprint density at radius 2 is 2.07 bits per heavy atom. The maximum absolute atomic E-state index is 14.0. The second kappa shape index (κ2) is 8.48. The van der Waals surface area contributed by atoms with Gasteiger partial charge in [0.1, 0.15) is 22.3 Å². The molecule has 7 nitrogen and oxygen atoms in total. The summed E-state index contributed by atoms with van der Waals surface area (Å²) >= 11 is 6.20. The lowest BCUT2D eigenvalue weighted by atomic mass is 9.98. The predicted octanol–water partition coefficient (Wildman–Crippen LogP) is 3.63. The Morgan fingerprint density at radius 3 is 2.72 bits per heavy atom. The van der Waals surface area contributed by atoms with Crippen LogP contribution >= 0.6 is 11.6 Å². The Hall–Kier alpha value is -3.13. The number of phenols is 1. The molecule has 29 heavy (non-hydrogen) atoms. The Morgan fingerprint density at radius 1 is 1.34 bits per heavy atom. The molecule has 1 aliphatic rings. The number of halogens is 2. The third-order valence-corrected chi connectivity index (χ3v) is 4.48. The minimum absolute atomic E-state index is 0.0106. The largest absolute Gasteiger partial charge is 0.505 e. The Labute approximate surface area is 170 Å². The second-order valence-corrected chi connectivity index (χ2v) is 6.52. The van der Waals surface area contributed by atoms with Crippen LogP contribution in [0.2, 0.25) is 5.02 Å². The van der Waals surface area contributed by atoms with Crippen molar-refractivity contribution in [3.8, 4) is 11.5 Å². The highest BCUT2D eigenvalue weighted by molar-refractivity contribution is 6.34. The van der Waals surface area contributed by atoms with Crippen LogP contribution in [0, 0.1) is 5.82 Å². The van der Waals surface area contributed by atoms with Crippen molar-refractivity contribution in [3.63, 3.8) is 0 Å². The van der Waals surface area contributed by atoms with Gasteiger partial charge in [-0.3, -0.25) is 4.79 Å². The van der Waals surface area contributed by atoms with Gasteiger partial charge in [-0.25, -0.2) is 9.18 Å². The normalized spacial score (nSPS) is 15.4. The van der Waals surface area contributed by atoms with Gasteiger partial charge >= 0.3 is 5.97 Å². The van der Waals surface area contributed by atoms with Crippen molar-refractivity contribution in [3.05, 3.63) is 57.9 Å². The van der Waals surface area contributed by atoms with E-state index in [1.807, 2.05) is 0 Å². The number of ether oxygens (including phenoxy) is 2. The standard InChI is InChI=1S/C20H17ClFNO6/c1-3-27-20(23-29-10(2)24)15-9-11-8-13(18(26)16(21)19(11)28-15)17(25)12-6-4-5-7-14(12)22/h4-8,15,26H,3,9H2,1-2H3/b23-20-. The summed E-state index contributed by atoms with van der Waals surface area (Å²) in [5.74, 6) is -2.42. The van der Waals surface area contributed by atoms with E-state index in [1.165, 1.54) is 31.2 Å². The lowest BCUT2D eigenvalue weighted by Crippen LogP contribution is -2.28. The summed E-state index contributed by atoms with van der Waals surface area (Å²) in [5, 5.41) is 13.9. The molecule has 0 saturated heterocycles. The van der Waals surface area contributed by atoms with Crippen molar-refractivity contribution in [1.82, 2.24) is 0 Å². The molecule has 152 valence electrons. The summed E-state index contributed by atoms with van der Waals surface area (Å²) in [6.45, 7) is 3.15. The maximum atomic E-state index is 14.0. The maximum Gasteiger partial charge on any atom is 0.332 e. The summed E-state index contributed by atoms with van der Waals surface area (Å²) in [5.41, 5.74) is 0.145. The highest BCUT2D eigenvalue weighted by Gasteiger charge is 2.34. The first-order valence-electron chi connectivity index (χ1n) is 8.72. The lowest BCUT2D eigenvalue weighted by Gasteiger charge is -2.13. The number of phenolic OH excluding ortho intramolecular Hbond substituents is 1. The predicted molar refractivity (Wildman–Crippen MR) is 102 cm³/mol. The Balaban J connectivity index is 1.96. The number of ketones is 1. The van der Waals surface area contributed by atoms with Gasteiger partial charge in [0.2, 0.25) is 0 Å². The molecule has 0 fully saturated rings. The van der Waals surface area contributed by atoms with Crippen molar-refractivity contribution in [2.75, 3.05) is 6.61 Å². The van der Waals surface area contributed by atoms with Gasteiger partial charge in [-0.2, -0.15) is 0 Å². The topological polar surface area (TPSA) is 94.4 Å². The van der Waals surface area contributed by atoms with Gasteiger partial charge < -0.3 is 19.4 Å². The summed E-state index contributed by atoms with van der Waals surface area (Å²) in [6.07, 6.45) is -0.590. The number of nitrogens with zero attached hydrogens (tertiary/aromatic N) is 1.